The van der Waals surface area contributed by atoms with Gasteiger partial charge in [-0.15, -0.1) is 0 Å². The van der Waals surface area contributed by atoms with Crippen molar-refractivity contribution in [3.8, 4) is 17.8 Å². The predicted molar refractivity (Wildman–Crippen MR) is 141 cm³/mol. The molecule has 2 aromatic carbocycles. The van der Waals surface area contributed by atoms with Gasteiger partial charge in [-0.3, -0.25) is 9.36 Å². The highest BCUT2D eigenvalue weighted by molar-refractivity contribution is 6.09. The molecule has 0 spiro atoms. The van der Waals surface area contributed by atoms with Gasteiger partial charge >= 0.3 is 0 Å². The average molecular weight is 464 g/mol. The van der Waals surface area contributed by atoms with Crippen LogP contribution in [-0.4, -0.2) is 20.4 Å². The van der Waals surface area contributed by atoms with E-state index >= 15 is 0 Å². The molecule has 0 atom stereocenters. The fourth-order valence-electron chi connectivity index (χ4n) is 4.67. The number of fused-ring (bicyclic) bond motifs is 2. The van der Waals surface area contributed by atoms with Gasteiger partial charge in [0.2, 0.25) is 5.95 Å². The lowest BCUT2D eigenvalue weighted by Crippen LogP contribution is -2.16. The van der Waals surface area contributed by atoms with E-state index < -0.39 is 0 Å². The first-order valence-electron chi connectivity index (χ1n) is 12.2. The van der Waals surface area contributed by atoms with Crippen LogP contribution < -0.4 is 10.6 Å². The van der Waals surface area contributed by atoms with E-state index in [1.807, 2.05) is 38.1 Å². The number of nitrogens with one attached hydrogen (secondary N) is 2. The molecule has 1 amide bonds. The summed E-state index contributed by atoms with van der Waals surface area (Å²) < 4.78 is 2.07. The number of anilines is 2. The number of aromatic nitrogens is 3. The van der Waals surface area contributed by atoms with Crippen molar-refractivity contribution in [2.75, 3.05) is 10.6 Å². The van der Waals surface area contributed by atoms with Crippen molar-refractivity contribution in [2.45, 2.75) is 52.5 Å². The molecule has 6 heteroatoms. The van der Waals surface area contributed by atoms with Crippen molar-refractivity contribution in [1.29, 1.82) is 0 Å². The summed E-state index contributed by atoms with van der Waals surface area (Å²) in [5.41, 5.74) is 6.26. The van der Waals surface area contributed by atoms with Crippen LogP contribution in [-0.2, 0) is 24.2 Å². The fraction of sp³-hybridized carbons (Fsp3) is 0.276. The Bertz CT molecular complexity index is 1440. The Hall–Kier alpha value is -4.11. The smallest absolute Gasteiger partial charge is 0.300 e. The molecule has 2 N–H and O–H groups in total. The zero-order valence-corrected chi connectivity index (χ0v) is 20.2. The van der Waals surface area contributed by atoms with Gasteiger partial charge in [-0.2, -0.15) is 4.98 Å². The highest BCUT2D eigenvalue weighted by Crippen LogP contribution is 2.31. The Balaban J connectivity index is 1.55. The molecule has 0 fully saturated rings. The minimum atomic E-state index is -0.304. The van der Waals surface area contributed by atoms with Crippen molar-refractivity contribution < 1.29 is 4.79 Å². The molecule has 1 aliphatic carbocycles. The Morgan fingerprint density at radius 1 is 1.06 bits per heavy atom. The number of carbonyl (C=O) groups excluding carboxylic acids is 1. The normalized spacial score (nSPS) is 12.5. The van der Waals surface area contributed by atoms with E-state index in [0.717, 1.165) is 59.5 Å². The summed E-state index contributed by atoms with van der Waals surface area (Å²) in [7, 11) is 0. The standard InChI is InChI=1S/C29H29N5O/c1-3-4-17-27(35)31-25-15-10-16-26-23(25)18-20(2)34(26)29-32-24-14-9-8-13-22(24)28(33-29)30-19-21-11-6-5-7-12-21/h5-7,10-12,15-16,18H,3,8-9,13-14,19H2,1-2H3,(H,31,35)(H,30,32,33). The average Bonchev–Trinajstić information content (AvgIpc) is 3.23. The van der Waals surface area contributed by atoms with Crippen LogP contribution in [0.2, 0.25) is 0 Å². The Morgan fingerprint density at radius 2 is 1.89 bits per heavy atom. The number of hydrogen-bond donors (Lipinski definition) is 2. The van der Waals surface area contributed by atoms with Crippen molar-refractivity contribution in [1.82, 2.24) is 14.5 Å². The van der Waals surface area contributed by atoms with Gasteiger partial charge in [-0.1, -0.05) is 49.2 Å². The molecule has 0 saturated heterocycles. The lowest BCUT2D eigenvalue weighted by atomic mass is 9.96. The van der Waals surface area contributed by atoms with Gasteiger partial charge in [-0.25, -0.2) is 4.98 Å². The van der Waals surface area contributed by atoms with Crippen LogP contribution in [0.5, 0.6) is 0 Å². The first-order chi connectivity index (χ1) is 17.1. The van der Waals surface area contributed by atoms with Crippen LogP contribution in [0.3, 0.4) is 0 Å². The molecule has 1 aliphatic rings. The van der Waals surface area contributed by atoms with Crippen LogP contribution in [0.25, 0.3) is 16.9 Å². The molecule has 2 aromatic heterocycles. The van der Waals surface area contributed by atoms with E-state index in [1.54, 1.807) is 0 Å². The van der Waals surface area contributed by atoms with Crippen molar-refractivity contribution in [3.63, 3.8) is 0 Å². The van der Waals surface area contributed by atoms with Crippen molar-refractivity contribution in [2.24, 2.45) is 0 Å². The topological polar surface area (TPSA) is 71.8 Å². The molecule has 0 aliphatic heterocycles. The van der Waals surface area contributed by atoms with Crippen LogP contribution in [0.15, 0.2) is 54.6 Å². The molecule has 0 radical (unpaired) electrons. The SMILES string of the molecule is CCC#CC(=O)Nc1cccc2c1cc(C)n2-c1nc2c(c(NCc3ccccc3)n1)CCCC2. The minimum Gasteiger partial charge on any atom is -0.366 e. The number of rotatable bonds is 5. The summed E-state index contributed by atoms with van der Waals surface area (Å²) in [6.07, 6.45) is 4.89. The summed E-state index contributed by atoms with van der Waals surface area (Å²) in [5, 5.41) is 7.45. The van der Waals surface area contributed by atoms with Crippen LogP contribution >= 0.6 is 0 Å². The lowest BCUT2D eigenvalue weighted by molar-refractivity contribution is -0.111. The van der Waals surface area contributed by atoms with Gasteiger partial charge in [-0.05, 0) is 62.3 Å². The Morgan fingerprint density at radius 3 is 2.71 bits per heavy atom. The maximum Gasteiger partial charge on any atom is 0.300 e. The molecule has 0 saturated carbocycles. The van der Waals surface area contributed by atoms with Crippen LogP contribution in [0.1, 0.15) is 48.7 Å². The molecule has 0 bridgehead atoms. The summed E-state index contributed by atoms with van der Waals surface area (Å²) in [6, 6.07) is 18.3. The zero-order valence-electron chi connectivity index (χ0n) is 20.2. The summed E-state index contributed by atoms with van der Waals surface area (Å²) in [5.74, 6) is 6.71. The third-order valence-electron chi connectivity index (χ3n) is 6.33. The van der Waals surface area contributed by atoms with Crippen LogP contribution in [0, 0.1) is 18.8 Å². The second-order valence-corrected chi connectivity index (χ2v) is 8.81. The molecule has 0 unspecified atom stereocenters. The number of carbonyl (C=O) groups is 1. The number of hydrogen-bond acceptors (Lipinski definition) is 4. The maximum absolute atomic E-state index is 12.2. The highest BCUT2D eigenvalue weighted by Gasteiger charge is 2.21. The number of benzene rings is 2. The maximum atomic E-state index is 12.2. The molecule has 6 nitrogen and oxygen atoms in total. The van der Waals surface area contributed by atoms with Gasteiger partial charge < -0.3 is 10.6 Å². The molecule has 5 rings (SSSR count). The second kappa shape index (κ2) is 10.0. The second-order valence-electron chi connectivity index (χ2n) is 8.81. The van der Waals surface area contributed by atoms with E-state index in [1.165, 1.54) is 11.1 Å². The largest absolute Gasteiger partial charge is 0.366 e. The van der Waals surface area contributed by atoms with E-state index in [0.29, 0.717) is 18.9 Å². The monoisotopic (exact) mass is 463 g/mol. The molecule has 35 heavy (non-hydrogen) atoms. The zero-order chi connectivity index (χ0) is 24.2. The van der Waals surface area contributed by atoms with Crippen molar-refractivity contribution in [3.05, 3.63) is 77.1 Å². The van der Waals surface area contributed by atoms with Gasteiger partial charge in [0.25, 0.3) is 5.91 Å². The van der Waals surface area contributed by atoms with E-state index in [-0.39, 0.29) is 5.91 Å². The molecule has 176 valence electrons. The highest BCUT2D eigenvalue weighted by atomic mass is 16.1. The minimum absolute atomic E-state index is 0.304. The van der Waals surface area contributed by atoms with Crippen molar-refractivity contribution >= 4 is 28.3 Å². The van der Waals surface area contributed by atoms with Gasteiger partial charge in [0, 0.05) is 29.6 Å². The predicted octanol–water partition coefficient (Wildman–Crippen LogP) is 5.57. The Kier molecular flexibility index (Phi) is 6.49. The van der Waals surface area contributed by atoms with E-state index in [2.05, 4.69) is 57.4 Å². The summed E-state index contributed by atoms with van der Waals surface area (Å²) in [4.78, 5) is 22.3. The fourth-order valence-corrected chi connectivity index (χ4v) is 4.67. The number of nitrogens with zero attached hydrogens (tertiary/aromatic N) is 3. The molecular formula is C29H29N5O. The third-order valence-corrected chi connectivity index (χ3v) is 6.33. The van der Waals surface area contributed by atoms with E-state index in [9.17, 15) is 4.79 Å². The first-order valence-corrected chi connectivity index (χ1v) is 12.2. The van der Waals surface area contributed by atoms with Gasteiger partial charge in [0.15, 0.2) is 0 Å². The number of amides is 1. The van der Waals surface area contributed by atoms with Gasteiger partial charge in [0.05, 0.1) is 16.9 Å². The quantitative estimate of drug-likeness (QED) is 0.380. The Labute approximate surface area is 205 Å². The molecule has 2 heterocycles. The van der Waals surface area contributed by atoms with Gasteiger partial charge in [0.1, 0.15) is 5.82 Å². The molecular weight excluding hydrogens is 434 g/mol. The number of aryl methyl sites for hydroxylation is 2. The first kappa shape index (κ1) is 22.7. The van der Waals surface area contributed by atoms with E-state index in [4.69, 9.17) is 9.97 Å². The summed E-state index contributed by atoms with van der Waals surface area (Å²) in [6.45, 7) is 4.68. The molecule has 4 aromatic rings. The lowest BCUT2D eigenvalue weighted by Gasteiger charge is -2.21. The summed E-state index contributed by atoms with van der Waals surface area (Å²) >= 11 is 0. The van der Waals surface area contributed by atoms with Crippen LogP contribution in [0.4, 0.5) is 11.5 Å². The third kappa shape index (κ3) is 4.76.